The third-order valence-corrected chi connectivity index (χ3v) is 5.54. The fourth-order valence-electron chi connectivity index (χ4n) is 2.72. The minimum absolute atomic E-state index is 0.162. The molecule has 5 nitrogen and oxygen atoms in total. The molecule has 0 aliphatic carbocycles. The van der Waals surface area contributed by atoms with Crippen molar-refractivity contribution < 1.29 is 4.79 Å². The maximum absolute atomic E-state index is 12.9. The van der Waals surface area contributed by atoms with Crippen molar-refractivity contribution in [2.75, 3.05) is 0 Å². The summed E-state index contributed by atoms with van der Waals surface area (Å²) in [7, 11) is 0. The molecule has 0 N–H and O–H groups in total. The van der Waals surface area contributed by atoms with Gasteiger partial charge in [-0.3, -0.25) is 9.36 Å². The number of benzene rings is 1. The van der Waals surface area contributed by atoms with Crippen molar-refractivity contribution in [2.24, 2.45) is 0 Å². The number of rotatable bonds is 3. The van der Waals surface area contributed by atoms with Gasteiger partial charge in [0.25, 0.3) is 5.56 Å². The molecule has 25 heavy (non-hydrogen) atoms. The van der Waals surface area contributed by atoms with Gasteiger partial charge in [0.1, 0.15) is 22.1 Å². The second-order valence-electron chi connectivity index (χ2n) is 5.68. The molecule has 0 saturated heterocycles. The molecule has 4 rings (SSSR count). The van der Waals surface area contributed by atoms with Crippen LogP contribution >= 0.6 is 22.9 Å². The summed E-state index contributed by atoms with van der Waals surface area (Å²) < 4.78 is 2.01. The van der Waals surface area contributed by atoms with Crippen LogP contribution in [0.4, 0.5) is 0 Å². The van der Waals surface area contributed by atoms with Gasteiger partial charge in [-0.05, 0) is 24.6 Å². The van der Waals surface area contributed by atoms with Gasteiger partial charge in [0.15, 0.2) is 0 Å². The summed E-state index contributed by atoms with van der Waals surface area (Å²) in [6.07, 6.45) is 4.04. The minimum Gasteiger partial charge on any atom is -0.303 e. The van der Waals surface area contributed by atoms with Crippen molar-refractivity contribution in [3.63, 3.8) is 0 Å². The number of thiophene rings is 1. The van der Waals surface area contributed by atoms with Gasteiger partial charge >= 0.3 is 0 Å². The van der Waals surface area contributed by atoms with Gasteiger partial charge in [0.2, 0.25) is 0 Å². The third-order valence-electron chi connectivity index (χ3n) is 4.03. The van der Waals surface area contributed by atoms with Crippen LogP contribution in [0, 0.1) is 6.92 Å². The summed E-state index contributed by atoms with van der Waals surface area (Å²) in [6.45, 7) is 1.99. The maximum atomic E-state index is 12.9. The van der Waals surface area contributed by atoms with Crippen LogP contribution in [0.25, 0.3) is 26.1 Å². The molecule has 0 bridgehead atoms. The lowest BCUT2D eigenvalue weighted by Crippen LogP contribution is -2.17. The molecule has 0 spiro atoms. The Kier molecular flexibility index (Phi) is 3.86. The first-order valence-electron chi connectivity index (χ1n) is 7.58. The van der Waals surface area contributed by atoms with E-state index in [4.69, 9.17) is 11.6 Å². The van der Waals surface area contributed by atoms with Crippen LogP contribution in [0.1, 0.15) is 11.1 Å². The number of aldehydes is 1. The number of hydrogen-bond donors (Lipinski definition) is 0. The zero-order valence-electron chi connectivity index (χ0n) is 13.2. The maximum Gasteiger partial charge on any atom is 0.275 e. The molecule has 4 aromatic rings. The van der Waals surface area contributed by atoms with Gasteiger partial charge in [-0.15, -0.1) is 11.3 Å². The standard InChI is InChI=1S/C18H12ClN3O2S/c1-10-2-4-12(5-3-10)22-9-21-15-13-14(19)11(6-7-23)8-20-17(13)25-16(15)18(22)24/h2-5,7-9H,6H2,1H3. The molecule has 3 aromatic heterocycles. The Balaban J connectivity index is 2.00. The largest absolute Gasteiger partial charge is 0.303 e. The van der Waals surface area contributed by atoms with Crippen molar-refractivity contribution in [3.05, 3.63) is 63.3 Å². The molecule has 0 atom stereocenters. The summed E-state index contributed by atoms with van der Waals surface area (Å²) >= 11 is 7.69. The van der Waals surface area contributed by atoms with Crippen LogP contribution in [-0.4, -0.2) is 20.8 Å². The molecular formula is C18H12ClN3O2S. The van der Waals surface area contributed by atoms with Gasteiger partial charge in [0, 0.05) is 12.6 Å². The molecule has 0 aliphatic rings. The molecule has 1 aromatic carbocycles. The van der Waals surface area contributed by atoms with Gasteiger partial charge in [-0.25, -0.2) is 9.97 Å². The third kappa shape index (κ3) is 2.54. The van der Waals surface area contributed by atoms with Crippen molar-refractivity contribution in [1.82, 2.24) is 14.5 Å². The Morgan fingerprint density at radius 2 is 2.00 bits per heavy atom. The molecule has 0 fully saturated rings. The Labute approximate surface area is 151 Å². The van der Waals surface area contributed by atoms with Crippen molar-refractivity contribution in [3.8, 4) is 5.69 Å². The fraction of sp³-hybridized carbons (Fsp3) is 0.111. The van der Waals surface area contributed by atoms with Gasteiger partial charge in [-0.2, -0.15) is 0 Å². The Hall–Kier alpha value is -2.57. The highest BCUT2D eigenvalue weighted by Gasteiger charge is 2.17. The number of nitrogens with zero attached hydrogens (tertiary/aromatic N) is 3. The number of carbonyl (C=O) groups is 1. The topological polar surface area (TPSA) is 64.8 Å². The molecular weight excluding hydrogens is 358 g/mol. The number of carbonyl (C=O) groups excluding carboxylic acids is 1. The van der Waals surface area contributed by atoms with E-state index in [1.165, 1.54) is 22.2 Å². The predicted molar refractivity (Wildman–Crippen MR) is 100 cm³/mol. The number of pyridine rings is 1. The molecule has 0 saturated carbocycles. The summed E-state index contributed by atoms with van der Waals surface area (Å²) in [4.78, 5) is 33.1. The highest BCUT2D eigenvalue weighted by atomic mass is 35.5. The molecule has 0 unspecified atom stereocenters. The Bertz CT molecular complexity index is 1180. The fourth-order valence-corrected chi connectivity index (χ4v) is 4.12. The van der Waals surface area contributed by atoms with E-state index in [1.807, 2.05) is 31.2 Å². The molecule has 0 amide bonds. The molecule has 0 aliphatic heterocycles. The smallest absolute Gasteiger partial charge is 0.275 e. The normalized spacial score (nSPS) is 11.3. The zero-order valence-corrected chi connectivity index (χ0v) is 14.8. The minimum atomic E-state index is -0.162. The Morgan fingerprint density at radius 3 is 2.72 bits per heavy atom. The highest BCUT2D eigenvalue weighted by molar-refractivity contribution is 7.25. The van der Waals surface area contributed by atoms with Gasteiger partial charge < -0.3 is 4.79 Å². The second-order valence-corrected chi connectivity index (χ2v) is 7.06. The molecule has 124 valence electrons. The highest BCUT2D eigenvalue weighted by Crippen LogP contribution is 2.35. The van der Waals surface area contributed by atoms with Crippen LogP contribution in [0.15, 0.2) is 41.6 Å². The molecule has 7 heteroatoms. The number of aryl methyl sites for hydroxylation is 1. The van der Waals surface area contributed by atoms with E-state index >= 15 is 0 Å². The lowest BCUT2D eigenvalue weighted by molar-refractivity contribution is -0.107. The predicted octanol–water partition coefficient (Wildman–Crippen LogP) is 3.70. The van der Waals surface area contributed by atoms with Gasteiger partial charge in [0.05, 0.1) is 21.6 Å². The average molecular weight is 370 g/mol. The van der Waals surface area contributed by atoms with Crippen molar-refractivity contribution >= 4 is 49.7 Å². The van der Waals surface area contributed by atoms with Crippen molar-refractivity contribution in [2.45, 2.75) is 13.3 Å². The zero-order chi connectivity index (χ0) is 17.6. The number of aromatic nitrogens is 3. The summed E-state index contributed by atoms with van der Waals surface area (Å²) in [5.74, 6) is 0. The van der Waals surface area contributed by atoms with E-state index in [-0.39, 0.29) is 12.0 Å². The van der Waals surface area contributed by atoms with E-state index in [9.17, 15) is 9.59 Å². The van der Waals surface area contributed by atoms with Crippen molar-refractivity contribution in [1.29, 1.82) is 0 Å². The van der Waals surface area contributed by atoms with E-state index in [0.29, 0.717) is 31.0 Å². The van der Waals surface area contributed by atoms with Crippen LogP contribution in [0.3, 0.4) is 0 Å². The average Bonchev–Trinajstić information content (AvgIpc) is 2.99. The lowest BCUT2D eigenvalue weighted by atomic mass is 10.2. The van der Waals surface area contributed by atoms with Crippen LogP contribution in [0.5, 0.6) is 0 Å². The van der Waals surface area contributed by atoms with Crippen LogP contribution < -0.4 is 5.56 Å². The lowest BCUT2D eigenvalue weighted by Gasteiger charge is -2.05. The van der Waals surface area contributed by atoms with E-state index < -0.39 is 0 Å². The molecule has 0 radical (unpaired) electrons. The van der Waals surface area contributed by atoms with Crippen LogP contribution in [-0.2, 0) is 11.2 Å². The Morgan fingerprint density at radius 1 is 1.24 bits per heavy atom. The van der Waals surface area contributed by atoms with E-state index in [2.05, 4.69) is 9.97 Å². The monoisotopic (exact) mass is 369 g/mol. The quantitative estimate of drug-likeness (QED) is 0.516. The van der Waals surface area contributed by atoms with E-state index in [0.717, 1.165) is 17.5 Å². The number of hydrogen-bond acceptors (Lipinski definition) is 5. The van der Waals surface area contributed by atoms with E-state index in [1.54, 1.807) is 6.20 Å². The molecule has 3 heterocycles. The summed E-state index contributed by atoms with van der Waals surface area (Å²) in [5.41, 5.74) is 2.87. The number of halogens is 1. The first-order valence-corrected chi connectivity index (χ1v) is 8.77. The SMILES string of the molecule is Cc1ccc(-n2cnc3c(sc4ncc(CC=O)c(Cl)c43)c2=O)cc1. The second kappa shape index (κ2) is 6.06. The summed E-state index contributed by atoms with van der Waals surface area (Å²) in [5, 5.41) is 1.07. The van der Waals surface area contributed by atoms with Gasteiger partial charge in [-0.1, -0.05) is 29.3 Å². The number of fused-ring (bicyclic) bond motifs is 3. The summed E-state index contributed by atoms with van der Waals surface area (Å²) in [6, 6.07) is 7.65. The first-order chi connectivity index (χ1) is 12.1. The van der Waals surface area contributed by atoms with Crippen LogP contribution in [0.2, 0.25) is 5.02 Å². The first kappa shape index (κ1) is 15.9.